The fraction of sp³-hybridized carbons (Fsp3) is 0.500. The molecule has 25 heavy (non-hydrogen) atoms. The lowest BCUT2D eigenvalue weighted by atomic mass is 9.90. The van der Waals surface area contributed by atoms with Crippen LogP contribution in [0.25, 0.3) is 10.9 Å². The molecule has 1 atom stereocenters. The van der Waals surface area contributed by atoms with Crippen LogP contribution in [-0.4, -0.2) is 53.8 Å². The zero-order valence-electron chi connectivity index (χ0n) is 14.8. The van der Waals surface area contributed by atoms with Gasteiger partial charge in [0.15, 0.2) is 0 Å². The van der Waals surface area contributed by atoms with Crippen LogP contribution in [0, 0.1) is 6.92 Å². The second-order valence-electron chi connectivity index (χ2n) is 7.22. The molecular formula is C20H24N2O3. The molecule has 5 nitrogen and oxygen atoms in total. The summed E-state index contributed by atoms with van der Waals surface area (Å²) in [4.78, 5) is 19.7. The molecule has 0 radical (unpaired) electrons. The fourth-order valence-corrected chi connectivity index (χ4v) is 4.06. The molecule has 1 unspecified atom stereocenters. The van der Waals surface area contributed by atoms with Gasteiger partial charge in [-0.2, -0.15) is 0 Å². The molecule has 4 rings (SSSR count). The van der Waals surface area contributed by atoms with Gasteiger partial charge in [-0.3, -0.25) is 9.78 Å². The lowest BCUT2D eigenvalue weighted by molar-refractivity contribution is -0.176. The molecule has 0 aliphatic carbocycles. The monoisotopic (exact) mass is 340 g/mol. The van der Waals surface area contributed by atoms with E-state index in [2.05, 4.69) is 4.98 Å². The Hall–Kier alpha value is -1.98. The molecule has 5 heteroatoms. The number of benzene rings is 1. The number of morpholine rings is 1. The molecule has 2 aromatic rings. The molecule has 0 saturated carbocycles. The Morgan fingerprint density at radius 2 is 2.04 bits per heavy atom. The molecule has 132 valence electrons. The van der Waals surface area contributed by atoms with Crippen LogP contribution in [0.4, 0.5) is 0 Å². The van der Waals surface area contributed by atoms with E-state index < -0.39 is 0 Å². The quantitative estimate of drug-likeness (QED) is 0.801. The number of carbonyl (C=O) groups is 1. The Kier molecular flexibility index (Phi) is 4.21. The number of amides is 1. The van der Waals surface area contributed by atoms with Crippen molar-refractivity contribution in [2.75, 3.05) is 26.3 Å². The van der Waals surface area contributed by atoms with Crippen molar-refractivity contribution in [1.82, 2.24) is 9.88 Å². The van der Waals surface area contributed by atoms with Crippen molar-refractivity contribution >= 4 is 16.8 Å². The van der Waals surface area contributed by atoms with Crippen molar-refractivity contribution < 1.29 is 14.3 Å². The number of para-hydroxylation sites is 1. The van der Waals surface area contributed by atoms with E-state index in [0.29, 0.717) is 31.9 Å². The topological polar surface area (TPSA) is 51.7 Å². The van der Waals surface area contributed by atoms with Gasteiger partial charge in [0.2, 0.25) is 0 Å². The van der Waals surface area contributed by atoms with Crippen LogP contribution in [0.1, 0.15) is 35.7 Å². The summed E-state index contributed by atoms with van der Waals surface area (Å²) in [7, 11) is 0. The molecule has 1 spiro atoms. The average Bonchev–Trinajstić information content (AvgIpc) is 2.62. The van der Waals surface area contributed by atoms with Crippen LogP contribution in [0.2, 0.25) is 0 Å². The molecule has 2 saturated heterocycles. The minimum absolute atomic E-state index is 0.0320. The van der Waals surface area contributed by atoms with Crippen molar-refractivity contribution in [3.63, 3.8) is 0 Å². The fourth-order valence-electron chi connectivity index (χ4n) is 4.06. The predicted octanol–water partition coefficient (Wildman–Crippen LogP) is 2.95. The zero-order valence-corrected chi connectivity index (χ0v) is 14.8. The summed E-state index contributed by atoms with van der Waals surface area (Å²) in [6.07, 6.45) is 3.44. The first kappa shape index (κ1) is 16.5. The summed E-state index contributed by atoms with van der Waals surface area (Å²) in [5, 5.41) is 1.04. The molecule has 0 N–H and O–H groups in total. The minimum atomic E-state index is -0.260. The van der Waals surface area contributed by atoms with Gasteiger partial charge in [-0.05, 0) is 25.5 Å². The largest absolute Gasteiger partial charge is 0.381 e. The number of hydrogen-bond donors (Lipinski definition) is 0. The Balaban J connectivity index is 1.65. The van der Waals surface area contributed by atoms with E-state index in [1.165, 1.54) is 0 Å². The SMILES string of the molecule is Cc1c(C(=O)N2CC(C)OC3(CCOCC3)C2)cnc2ccccc12. The van der Waals surface area contributed by atoms with Crippen LogP contribution in [0.3, 0.4) is 0 Å². The second-order valence-corrected chi connectivity index (χ2v) is 7.22. The number of hydrogen-bond acceptors (Lipinski definition) is 4. The second kappa shape index (κ2) is 6.39. The third kappa shape index (κ3) is 3.02. The van der Waals surface area contributed by atoms with Gasteiger partial charge in [-0.1, -0.05) is 18.2 Å². The highest BCUT2D eigenvalue weighted by Crippen LogP contribution is 2.32. The van der Waals surface area contributed by atoms with Crippen LogP contribution in [0.15, 0.2) is 30.5 Å². The Bertz CT molecular complexity index is 799. The van der Waals surface area contributed by atoms with Gasteiger partial charge in [0.1, 0.15) is 0 Å². The standard InChI is InChI=1S/C20H24N2O3/c1-14-12-22(13-20(25-14)7-9-24-10-8-20)19(23)17-11-21-18-6-4-3-5-16(18)15(17)2/h3-6,11,14H,7-10,12-13H2,1-2H3. The zero-order chi connectivity index (χ0) is 17.4. The van der Waals surface area contributed by atoms with E-state index >= 15 is 0 Å². The molecule has 2 aliphatic heterocycles. The maximum Gasteiger partial charge on any atom is 0.255 e. The number of aromatic nitrogens is 1. The van der Waals surface area contributed by atoms with Gasteiger partial charge in [0.25, 0.3) is 5.91 Å². The van der Waals surface area contributed by atoms with Gasteiger partial charge in [0, 0.05) is 44.2 Å². The molecule has 3 heterocycles. The van der Waals surface area contributed by atoms with Crippen molar-refractivity contribution in [2.24, 2.45) is 0 Å². The van der Waals surface area contributed by atoms with E-state index in [9.17, 15) is 4.79 Å². The summed E-state index contributed by atoms with van der Waals surface area (Å²) in [6, 6.07) is 7.95. The number of ether oxygens (including phenoxy) is 2. The first-order chi connectivity index (χ1) is 12.1. The number of rotatable bonds is 1. The third-order valence-electron chi connectivity index (χ3n) is 5.37. The van der Waals surface area contributed by atoms with Gasteiger partial charge < -0.3 is 14.4 Å². The summed E-state index contributed by atoms with van der Waals surface area (Å²) in [5.74, 6) is 0.0526. The number of pyridine rings is 1. The van der Waals surface area contributed by atoms with Crippen molar-refractivity contribution in [1.29, 1.82) is 0 Å². The summed E-state index contributed by atoms with van der Waals surface area (Å²) in [5.41, 5.74) is 2.35. The van der Waals surface area contributed by atoms with E-state index in [0.717, 1.165) is 29.3 Å². The number of nitrogens with zero attached hydrogens (tertiary/aromatic N) is 2. The summed E-state index contributed by atoms with van der Waals surface area (Å²) in [6.45, 7) is 6.70. The predicted molar refractivity (Wildman–Crippen MR) is 95.7 cm³/mol. The summed E-state index contributed by atoms with van der Waals surface area (Å²) < 4.78 is 11.7. The van der Waals surface area contributed by atoms with E-state index in [4.69, 9.17) is 9.47 Å². The van der Waals surface area contributed by atoms with E-state index in [1.807, 2.05) is 43.0 Å². The number of fused-ring (bicyclic) bond motifs is 1. The normalized spacial score (nSPS) is 23.1. The van der Waals surface area contributed by atoms with E-state index in [-0.39, 0.29) is 17.6 Å². The highest BCUT2D eigenvalue weighted by atomic mass is 16.5. The highest BCUT2D eigenvalue weighted by molar-refractivity contribution is 6.00. The molecule has 1 amide bonds. The smallest absolute Gasteiger partial charge is 0.255 e. The average molecular weight is 340 g/mol. The molecule has 0 bridgehead atoms. The van der Waals surface area contributed by atoms with Crippen LogP contribution in [0.5, 0.6) is 0 Å². The van der Waals surface area contributed by atoms with Crippen LogP contribution >= 0.6 is 0 Å². The van der Waals surface area contributed by atoms with Gasteiger partial charge in [-0.15, -0.1) is 0 Å². The van der Waals surface area contributed by atoms with Crippen molar-refractivity contribution in [3.8, 4) is 0 Å². The third-order valence-corrected chi connectivity index (χ3v) is 5.37. The number of aryl methyl sites for hydroxylation is 1. The molecule has 2 fully saturated rings. The highest BCUT2D eigenvalue weighted by Gasteiger charge is 2.42. The lowest BCUT2D eigenvalue weighted by Gasteiger charge is -2.47. The Morgan fingerprint density at radius 3 is 2.84 bits per heavy atom. The minimum Gasteiger partial charge on any atom is -0.381 e. The van der Waals surface area contributed by atoms with Crippen molar-refractivity contribution in [2.45, 2.75) is 38.4 Å². The van der Waals surface area contributed by atoms with E-state index in [1.54, 1.807) is 6.20 Å². The Labute approximate surface area is 147 Å². The summed E-state index contributed by atoms with van der Waals surface area (Å²) >= 11 is 0. The van der Waals surface area contributed by atoms with Crippen molar-refractivity contribution in [3.05, 3.63) is 41.6 Å². The lowest BCUT2D eigenvalue weighted by Crippen LogP contribution is -2.58. The maximum absolute atomic E-state index is 13.2. The first-order valence-electron chi connectivity index (χ1n) is 8.97. The number of carbonyl (C=O) groups excluding carboxylic acids is 1. The molecule has 1 aromatic heterocycles. The first-order valence-corrected chi connectivity index (χ1v) is 8.97. The molecular weight excluding hydrogens is 316 g/mol. The van der Waals surface area contributed by atoms with Gasteiger partial charge >= 0.3 is 0 Å². The Morgan fingerprint density at radius 1 is 1.28 bits per heavy atom. The van der Waals surface area contributed by atoms with Crippen LogP contribution < -0.4 is 0 Å². The molecule has 1 aromatic carbocycles. The van der Waals surface area contributed by atoms with Gasteiger partial charge in [-0.25, -0.2) is 0 Å². The van der Waals surface area contributed by atoms with Gasteiger partial charge in [0.05, 0.1) is 29.3 Å². The maximum atomic E-state index is 13.2. The van der Waals surface area contributed by atoms with Crippen LogP contribution in [-0.2, 0) is 9.47 Å². The molecule has 2 aliphatic rings.